The fraction of sp³-hybridized carbons (Fsp3) is 0. The molecule has 0 aromatic heterocycles. The van der Waals surface area contributed by atoms with Crippen LogP contribution in [-0.2, 0) is 0 Å². The van der Waals surface area contributed by atoms with Gasteiger partial charge in [0.25, 0.3) is 0 Å². The molecular formula is C20H15NO4SSe. The van der Waals surface area contributed by atoms with Gasteiger partial charge < -0.3 is 0 Å². The number of aromatic carboxylic acids is 1. The van der Waals surface area contributed by atoms with E-state index in [1.807, 2.05) is 18.2 Å². The Bertz CT molecular complexity index is 1010. The SMILES string of the molecule is O=C(Nc1ccccc1)c1ccccc1[Se]c1c(S)ccc(C(=O)O)c1O. The number of carbonyl (C=O) groups is 2. The molecule has 0 bridgehead atoms. The van der Waals surface area contributed by atoms with Crippen molar-refractivity contribution in [2.24, 2.45) is 0 Å². The number of amides is 1. The second-order valence-electron chi connectivity index (χ2n) is 5.53. The zero-order valence-corrected chi connectivity index (χ0v) is 16.5. The first-order valence-corrected chi connectivity index (χ1v) is 10.0. The summed E-state index contributed by atoms with van der Waals surface area (Å²) in [7, 11) is 0. The third-order valence-electron chi connectivity index (χ3n) is 3.72. The molecule has 3 rings (SSSR count). The summed E-state index contributed by atoms with van der Waals surface area (Å²) in [6, 6.07) is 19.0. The number of aromatic hydroxyl groups is 1. The number of hydrogen-bond donors (Lipinski definition) is 4. The average molecular weight is 444 g/mol. The van der Waals surface area contributed by atoms with Crippen LogP contribution in [0.2, 0.25) is 0 Å². The number of nitrogens with one attached hydrogen (secondary N) is 1. The summed E-state index contributed by atoms with van der Waals surface area (Å²) < 4.78 is 1.14. The Morgan fingerprint density at radius 1 is 0.889 bits per heavy atom. The number of phenols is 1. The van der Waals surface area contributed by atoms with E-state index in [0.717, 1.165) is 0 Å². The standard InChI is InChI=1S/C20H15NO4SSe/c22-17-14(20(24)25)10-11-15(26)18(17)27-16-9-5-4-8-13(16)19(23)21-12-6-2-1-3-7-12/h1-11,22,26H,(H,21,23)(H,24,25). The van der Waals surface area contributed by atoms with Crippen molar-refractivity contribution < 1.29 is 19.8 Å². The zero-order valence-electron chi connectivity index (χ0n) is 13.9. The number of para-hydroxylation sites is 1. The van der Waals surface area contributed by atoms with E-state index in [4.69, 9.17) is 0 Å². The van der Waals surface area contributed by atoms with Gasteiger partial charge in [0.15, 0.2) is 0 Å². The fourth-order valence-electron chi connectivity index (χ4n) is 2.41. The van der Waals surface area contributed by atoms with Gasteiger partial charge in [0, 0.05) is 0 Å². The quantitative estimate of drug-likeness (QED) is 0.359. The third kappa shape index (κ3) is 4.34. The number of rotatable bonds is 5. The van der Waals surface area contributed by atoms with Crippen molar-refractivity contribution in [3.05, 3.63) is 77.9 Å². The first-order valence-electron chi connectivity index (χ1n) is 7.89. The molecular weight excluding hydrogens is 429 g/mol. The Balaban J connectivity index is 1.95. The number of carboxylic acids is 1. The van der Waals surface area contributed by atoms with Crippen molar-refractivity contribution in [1.82, 2.24) is 0 Å². The fourth-order valence-corrected chi connectivity index (χ4v) is 4.96. The van der Waals surface area contributed by atoms with Crippen LogP contribution < -0.4 is 14.2 Å². The molecule has 7 heteroatoms. The van der Waals surface area contributed by atoms with Crippen LogP contribution in [0.1, 0.15) is 20.7 Å². The summed E-state index contributed by atoms with van der Waals surface area (Å²) >= 11 is 3.83. The molecule has 136 valence electrons. The van der Waals surface area contributed by atoms with Gasteiger partial charge in [-0.3, -0.25) is 0 Å². The van der Waals surface area contributed by atoms with E-state index in [1.54, 1.807) is 36.4 Å². The molecule has 0 aliphatic heterocycles. The summed E-state index contributed by atoms with van der Waals surface area (Å²) in [6.07, 6.45) is 0. The molecule has 27 heavy (non-hydrogen) atoms. The molecule has 3 N–H and O–H groups in total. The molecule has 3 aromatic carbocycles. The van der Waals surface area contributed by atoms with Crippen molar-refractivity contribution in [3.8, 4) is 5.75 Å². The van der Waals surface area contributed by atoms with Gasteiger partial charge in [0.05, 0.1) is 0 Å². The van der Waals surface area contributed by atoms with Gasteiger partial charge in [0.1, 0.15) is 0 Å². The van der Waals surface area contributed by atoms with Crippen molar-refractivity contribution in [2.45, 2.75) is 4.90 Å². The van der Waals surface area contributed by atoms with E-state index in [-0.39, 0.29) is 17.2 Å². The number of carboxylic acid groups (broad SMARTS) is 1. The molecule has 0 atom stereocenters. The Labute approximate surface area is 167 Å². The topological polar surface area (TPSA) is 86.6 Å². The molecule has 0 unspecified atom stereocenters. The average Bonchev–Trinajstić information content (AvgIpc) is 2.66. The maximum atomic E-state index is 12.7. The van der Waals surface area contributed by atoms with Crippen LogP contribution in [0.4, 0.5) is 5.69 Å². The van der Waals surface area contributed by atoms with Crippen LogP contribution in [0.15, 0.2) is 71.6 Å². The maximum absolute atomic E-state index is 12.7. The van der Waals surface area contributed by atoms with Crippen molar-refractivity contribution >= 4 is 54.1 Å². The minimum atomic E-state index is -1.21. The molecule has 0 spiro atoms. The van der Waals surface area contributed by atoms with Gasteiger partial charge in [-0.15, -0.1) is 0 Å². The molecule has 0 fully saturated rings. The van der Waals surface area contributed by atoms with Gasteiger partial charge in [-0.2, -0.15) is 0 Å². The molecule has 0 aliphatic carbocycles. The summed E-state index contributed by atoms with van der Waals surface area (Å²) in [5.74, 6) is -1.80. The number of carbonyl (C=O) groups excluding carboxylic acids is 1. The monoisotopic (exact) mass is 445 g/mol. The Morgan fingerprint density at radius 2 is 1.56 bits per heavy atom. The van der Waals surface area contributed by atoms with E-state index in [2.05, 4.69) is 17.9 Å². The third-order valence-corrected chi connectivity index (χ3v) is 6.93. The minimum absolute atomic E-state index is 0.184. The van der Waals surface area contributed by atoms with Crippen molar-refractivity contribution in [2.75, 3.05) is 5.32 Å². The van der Waals surface area contributed by atoms with E-state index in [0.29, 0.717) is 25.1 Å². The molecule has 0 heterocycles. The van der Waals surface area contributed by atoms with E-state index in [1.165, 1.54) is 12.1 Å². The zero-order chi connectivity index (χ0) is 19.4. The second kappa shape index (κ2) is 8.31. The normalized spacial score (nSPS) is 10.4. The molecule has 0 radical (unpaired) electrons. The van der Waals surface area contributed by atoms with Crippen LogP contribution in [0, 0.1) is 0 Å². The number of hydrogen-bond acceptors (Lipinski definition) is 4. The van der Waals surface area contributed by atoms with E-state index >= 15 is 0 Å². The summed E-state index contributed by atoms with van der Waals surface area (Å²) in [4.78, 5) is 24.4. The van der Waals surface area contributed by atoms with Crippen LogP contribution >= 0.6 is 12.6 Å². The van der Waals surface area contributed by atoms with Gasteiger partial charge in [-0.1, -0.05) is 0 Å². The first-order chi connectivity index (χ1) is 13.0. The summed E-state index contributed by atoms with van der Waals surface area (Å²) in [5, 5.41) is 22.4. The summed E-state index contributed by atoms with van der Waals surface area (Å²) in [6.45, 7) is 0. The second-order valence-corrected chi connectivity index (χ2v) is 8.22. The van der Waals surface area contributed by atoms with Crippen LogP contribution in [0.25, 0.3) is 0 Å². The van der Waals surface area contributed by atoms with Crippen LogP contribution in [0.5, 0.6) is 5.75 Å². The van der Waals surface area contributed by atoms with E-state index < -0.39 is 20.9 Å². The predicted octanol–water partition coefficient (Wildman–Crippen LogP) is 2.29. The predicted molar refractivity (Wildman–Crippen MR) is 108 cm³/mol. The van der Waals surface area contributed by atoms with Gasteiger partial charge >= 0.3 is 168 Å². The summed E-state index contributed by atoms with van der Waals surface area (Å²) in [5.41, 5.74) is 0.959. The van der Waals surface area contributed by atoms with Crippen LogP contribution in [-0.4, -0.2) is 37.0 Å². The van der Waals surface area contributed by atoms with Crippen molar-refractivity contribution in [3.63, 3.8) is 0 Å². The van der Waals surface area contributed by atoms with E-state index in [9.17, 15) is 19.8 Å². The molecule has 5 nitrogen and oxygen atoms in total. The van der Waals surface area contributed by atoms with Gasteiger partial charge in [-0.05, 0) is 0 Å². The Kier molecular flexibility index (Phi) is 5.86. The number of benzene rings is 3. The number of thiol groups is 1. The first kappa shape index (κ1) is 19.0. The number of anilines is 1. The molecule has 0 aliphatic rings. The van der Waals surface area contributed by atoms with Gasteiger partial charge in [0.2, 0.25) is 0 Å². The molecule has 1 amide bonds. The molecule has 0 saturated carbocycles. The Hall–Kier alpha value is -2.73. The van der Waals surface area contributed by atoms with Crippen LogP contribution in [0.3, 0.4) is 0 Å². The Morgan fingerprint density at radius 3 is 2.26 bits per heavy atom. The van der Waals surface area contributed by atoms with Crippen molar-refractivity contribution in [1.29, 1.82) is 0 Å². The molecule has 3 aromatic rings. The van der Waals surface area contributed by atoms with Gasteiger partial charge in [-0.25, -0.2) is 0 Å². The molecule has 0 saturated heterocycles.